The number of anilines is 1. The van der Waals surface area contributed by atoms with E-state index in [0.717, 1.165) is 29.1 Å². The van der Waals surface area contributed by atoms with Crippen molar-refractivity contribution in [1.29, 1.82) is 0 Å². The molecule has 0 unspecified atom stereocenters. The maximum absolute atomic E-state index is 11.4. The van der Waals surface area contributed by atoms with E-state index in [0.29, 0.717) is 5.75 Å². The summed E-state index contributed by atoms with van der Waals surface area (Å²) in [7, 11) is 1.69. The van der Waals surface area contributed by atoms with Gasteiger partial charge in [0.25, 0.3) is 5.91 Å². The van der Waals surface area contributed by atoms with Gasteiger partial charge in [0.15, 0.2) is 6.61 Å². The number of amides is 1. The van der Waals surface area contributed by atoms with Gasteiger partial charge in [-0.3, -0.25) is 4.79 Å². The second-order valence-corrected chi connectivity index (χ2v) is 6.00. The first-order chi connectivity index (χ1) is 11.6. The van der Waals surface area contributed by atoms with E-state index in [1.165, 1.54) is 5.56 Å². The lowest BCUT2D eigenvalue weighted by atomic mass is 10.1. The first kappa shape index (κ1) is 16.3. The van der Waals surface area contributed by atoms with Crippen LogP contribution >= 0.6 is 0 Å². The minimum absolute atomic E-state index is 0.0788. The maximum atomic E-state index is 11.4. The van der Waals surface area contributed by atoms with Gasteiger partial charge in [-0.25, -0.2) is 0 Å². The van der Waals surface area contributed by atoms with Crippen LogP contribution in [0.5, 0.6) is 11.5 Å². The second-order valence-electron chi connectivity index (χ2n) is 6.00. The van der Waals surface area contributed by atoms with E-state index in [-0.39, 0.29) is 18.6 Å². The normalized spacial score (nSPS) is 14.4. The first-order valence-corrected chi connectivity index (χ1v) is 8.00. The summed E-state index contributed by atoms with van der Waals surface area (Å²) in [4.78, 5) is 11.4. The molecule has 2 aromatic carbocycles. The molecule has 5 nitrogen and oxygen atoms in total. The van der Waals surface area contributed by atoms with Crippen LogP contribution in [0.4, 0.5) is 5.69 Å². The molecule has 1 aliphatic rings. The Morgan fingerprint density at radius 3 is 2.92 bits per heavy atom. The number of carbonyl (C=O) groups excluding carboxylic acids is 1. The van der Waals surface area contributed by atoms with Gasteiger partial charge in [0.05, 0.1) is 12.8 Å². The van der Waals surface area contributed by atoms with Gasteiger partial charge >= 0.3 is 0 Å². The van der Waals surface area contributed by atoms with Gasteiger partial charge in [0.1, 0.15) is 11.5 Å². The molecule has 0 aromatic heterocycles. The SMILES string of the molecule is COc1cc(CN[C@H](C)c2ccc3c(c2)NC(=O)CO3)ccc1C. The molecule has 5 heteroatoms. The van der Waals surface area contributed by atoms with Crippen molar-refractivity contribution in [3.8, 4) is 11.5 Å². The van der Waals surface area contributed by atoms with Gasteiger partial charge in [0.2, 0.25) is 0 Å². The smallest absolute Gasteiger partial charge is 0.262 e. The summed E-state index contributed by atoms with van der Waals surface area (Å²) in [6.45, 7) is 4.94. The van der Waals surface area contributed by atoms with Gasteiger partial charge in [-0.1, -0.05) is 18.2 Å². The number of nitrogens with one attached hydrogen (secondary N) is 2. The van der Waals surface area contributed by atoms with Crippen LogP contribution in [0.15, 0.2) is 36.4 Å². The number of hydrogen-bond donors (Lipinski definition) is 2. The lowest BCUT2D eigenvalue weighted by Crippen LogP contribution is -2.26. The molecule has 2 aromatic rings. The quantitative estimate of drug-likeness (QED) is 0.886. The van der Waals surface area contributed by atoms with Gasteiger partial charge in [-0.15, -0.1) is 0 Å². The van der Waals surface area contributed by atoms with E-state index in [1.807, 2.05) is 25.1 Å². The van der Waals surface area contributed by atoms with Crippen LogP contribution in [-0.2, 0) is 11.3 Å². The van der Waals surface area contributed by atoms with E-state index in [4.69, 9.17) is 9.47 Å². The molecule has 0 saturated carbocycles. The average molecular weight is 326 g/mol. The molecule has 1 heterocycles. The molecule has 0 saturated heterocycles. The summed E-state index contributed by atoms with van der Waals surface area (Å²) in [5.41, 5.74) is 4.12. The fourth-order valence-corrected chi connectivity index (χ4v) is 2.73. The maximum Gasteiger partial charge on any atom is 0.262 e. The van der Waals surface area contributed by atoms with Crippen molar-refractivity contribution < 1.29 is 14.3 Å². The van der Waals surface area contributed by atoms with E-state index < -0.39 is 0 Å². The van der Waals surface area contributed by atoms with Crippen molar-refractivity contribution in [3.05, 3.63) is 53.1 Å². The lowest BCUT2D eigenvalue weighted by Gasteiger charge is -2.21. The van der Waals surface area contributed by atoms with Crippen LogP contribution in [0.25, 0.3) is 0 Å². The minimum atomic E-state index is -0.119. The fourth-order valence-electron chi connectivity index (χ4n) is 2.73. The van der Waals surface area contributed by atoms with Gasteiger partial charge in [0, 0.05) is 12.6 Å². The number of benzene rings is 2. The predicted molar refractivity (Wildman–Crippen MR) is 93.6 cm³/mol. The molecule has 0 bridgehead atoms. The molecule has 0 aliphatic carbocycles. The predicted octanol–water partition coefficient (Wildman–Crippen LogP) is 3.19. The Kier molecular flexibility index (Phi) is 4.71. The molecule has 0 fully saturated rings. The zero-order valence-electron chi connectivity index (χ0n) is 14.2. The molecule has 24 heavy (non-hydrogen) atoms. The van der Waals surface area contributed by atoms with Crippen molar-refractivity contribution in [2.45, 2.75) is 26.4 Å². The van der Waals surface area contributed by atoms with E-state index in [1.54, 1.807) is 7.11 Å². The molecule has 1 amide bonds. The van der Waals surface area contributed by atoms with E-state index >= 15 is 0 Å². The Labute approximate surface area is 142 Å². The van der Waals surface area contributed by atoms with Crippen molar-refractivity contribution in [1.82, 2.24) is 5.32 Å². The highest BCUT2D eigenvalue weighted by atomic mass is 16.5. The highest BCUT2D eigenvalue weighted by Gasteiger charge is 2.17. The standard InChI is InChI=1S/C19H22N2O3/c1-12-4-5-14(8-18(12)23-3)10-20-13(2)15-6-7-17-16(9-15)21-19(22)11-24-17/h4-9,13,20H,10-11H2,1-3H3,(H,21,22)/t13-/m1/s1. The number of hydrogen-bond acceptors (Lipinski definition) is 4. The van der Waals surface area contributed by atoms with Crippen LogP contribution in [0.3, 0.4) is 0 Å². The van der Waals surface area contributed by atoms with Crippen molar-refractivity contribution in [2.24, 2.45) is 0 Å². The van der Waals surface area contributed by atoms with E-state index in [9.17, 15) is 4.79 Å². The number of methoxy groups -OCH3 is 1. The summed E-state index contributed by atoms with van der Waals surface area (Å²) in [5.74, 6) is 1.50. The third-order valence-corrected chi connectivity index (χ3v) is 4.22. The molecule has 3 rings (SSSR count). The molecule has 1 aliphatic heterocycles. The number of fused-ring (bicyclic) bond motifs is 1. The number of carbonyl (C=O) groups is 1. The second kappa shape index (κ2) is 6.93. The first-order valence-electron chi connectivity index (χ1n) is 8.00. The Balaban J connectivity index is 1.68. The Hall–Kier alpha value is -2.53. The Bertz CT molecular complexity index is 758. The zero-order chi connectivity index (χ0) is 17.1. The third-order valence-electron chi connectivity index (χ3n) is 4.22. The van der Waals surface area contributed by atoms with Gasteiger partial charge in [-0.05, 0) is 48.7 Å². The topological polar surface area (TPSA) is 59.6 Å². The van der Waals surface area contributed by atoms with Crippen LogP contribution in [0, 0.1) is 6.92 Å². The summed E-state index contributed by atoms with van der Waals surface area (Å²) >= 11 is 0. The molecule has 2 N–H and O–H groups in total. The third kappa shape index (κ3) is 3.51. The summed E-state index contributed by atoms with van der Waals surface area (Å²) < 4.78 is 10.8. The summed E-state index contributed by atoms with van der Waals surface area (Å²) in [6.07, 6.45) is 0. The van der Waals surface area contributed by atoms with Crippen LogP contribution in [0.1, 0.15) is 29.7 Å². The number of ether oxygens (including phenoxy) is 2. The van der Waals surface area contributed by atoms with E-state index in [2.05, 4.69) is 35.8 Å². The summed E-state index contributed by atoms with van der Waals surface area (Å²) in [6, 6.07) is 12.2. The fraction of sp³-hybridized carbons (Fsp3) is 0.316. The molecular weight excluding hydrogens is 304 g/mol. The lowest BCUT2D eigenvalue weighted by molar-refractivity contribution is -0.118. The Morgan fingerprint density at radius 2 is 2.12 bits per heavy atom. The largest absolute Gasteiger partial charge is 0.496 e. The Morgan fingerprint density at radius 1 is 1.29 bits per heavy atom. The van der Waals surface area contributed by atoms with Crippen LogP contribution in [0.2, 0.25) is 0 Å². The van der Waals surface area contributed by atoms with Crippen molar-refractivity contribution in [2.75, 3.05) is 19.0 Å². The van der Waals surface area contributed by atoms with Gasteiger partial charge < -0.3 is 20.1 Å². The molecule has 1 atom stereocenters. The monoisotopic (exact) mass is 326 g/mol. The highest BCUT2D eigenvalue weighted by molar-refractivity contribution is 5.95. The minimum Gasteiger partial charge on any atom is -0.496 e. The molecular formula is C19H22N2O3. The average Bonchev–Trinajstić information content (AvgIpc) is 2.60. The molecule has 126 valence electrons. The van der Waals surface area contributed by atoms with Crippen molar-refractivity contribution >= 4 is 11.6 Å². The van der Waals surface area contributed by atoms with Gasteiger partial charge in [-0.2, -0.15) is 0 Å². The van der Waals surface area contributed by atoms with Crippen LogP contribution in [-0.4, -0.2) is 19.6 Å². The number of rotatable bonds is 5. The highest BCUT2D eigenvalue weighted by Crippen LogP contribution is 2.30. The van der Waals surface area contributed by atoms with Crippen LogP contribution < -0.4 is 20.1 Å². The zero-order valence-corrected chi connectivity index (χ0v) is 14.2. The number of aryl methyl sites for hydroxylation is 1. The van der Waals surface area contributed by atoms with Crippen molar-refractivity contribution in [3.63, 3.8) is 0 Å². The summed E-state index contributed by atoms with van der Waals surface area (Å²) in [5, 5.41) is 6.34. The molecule has 0 radical (unpaired) electrons. The molecule has 0 spiro atoms.